The van der Waals surface area contributed by atoms with Gasteiger partial charge in [0.1, 0.15) is 5.82 Å². The zero-order chi connectivity index (χ0) is 9.10. The third kappa shape index (κ3) is 1.68. The summed E-state index contributed by atoms with van der Waals surface area (Å²) in [7, 11) is 0. The van der Waals surface area contributed by atoms with Crippen LogP contribution in [0.25, 0.3) is 0 Å². The van der Waals surface area contributed by atoms with Gasteiger partial charge in [0.25, 0.3) is 0 Å². The number of ether oxygens (including phenoxy) is 1. The molecule has 0 aromatic rings. The van der Waals surface area contributed by atoms with Gasteiger partial charge in [-0.2, -0.15) is 0 Å². The minimum absolute atomic E-state index is 0.256. The molecular weight excluding hydrogens is 170 g/mol. The summed E-state index contributed by atoms with van der Waals surface area (Å²) in [6, 6.07) is 0. The summed E-state index contributed by atoms with van der Waals surface area (Å²) < 4.78 is 4.92. The van der Waals surface area contributed by atoms with Gasteiger partial charge in [0, 0.05) is 25.8 Å². The second kappa shape index (κ2) is 3.55. The molecule has 2 aliphatic heterocycles. The van der Waals surface area contributed by atoms with Crippen LogP contribution in [0.1, 0.15) is 6.42 Å². The first kappa shape index (κ1) is 8.22. The van der Waals surface area contributed by atoms with Gasteiger partial charge in [0.15, 0.2) is 0 Å². The van der Waals surface area contributed by atoms with Crippen molar-refractivity contribution in [2.24, 2.45) is 0 Å². The number of carbonyl (C=O) groups excluding carboxylic acids is 1. The molecule has 0 aromatic carbocycles. The van der Waals surface area contributed by atoms with Gasteiger partial charge in [-0.25, -0.2) is 4.79 Å². The Hall–Kier alpha value is -1.39. The van der Waals surface area contributed by atoms with Gasteiger partial charge in [-0.05, 0) is 6.42 Å². The lowest BCUT2D eigenvalue weighted by Crippen LogP contribution is -2.45. The zero-order valence-corrected chi connectivity index (χ0v) is 7.38. The van der Waals surface area contributed by atoms with E-state index < -0.39 is 0 Å². The molecule has 2 N–H and O–H groups in total. The number of amides is 1. The summed E-state index contributed by atoms with van der Waals surface area (Å²) in [5.74, 6) is 0.816. The largest absolute Gasteiger partial charge is 0.449 e. The van der Waals surface area contributed by atoms with Crippen LogP contribution < -0.4 is 10.6 Å². The predicted molar refractivity (Wildman–Crippen MR) is 46.8 cm³/mol. The van der Waals surface area contributed by atoms with E-state index in [1.807, 2.05) is 6.20 Å². The first-order valence-corrected chi connectivity index (χ1v) is 4.49. The van der Waals surface area contributed by atoms with Crippen LogP contribution >= 0.6 is 0 Å². The summed E-state index contributed by atoms with van der Waals surface area (Å²) in [5.41, 5.74) is 0. The number of nitrogens with zero attached hydrogens (tertiary/aromatic N) is 1. The molecule has 0 bridgehead atoms. The van der Waals surface area contributed by atoms with Crippen LogP contribution in [-0.4, -0.2) is 37.2 Å². The highest BCUT2D eigenvalue weighted by Gasteiger charge is 2.23. The minimum atomic E-state index is -0.256. The van der Waals surface area contributed by atoms with Crippen LogP contribution in [0, 0.1) is 0 Å². The van der Waals surface area contributed by atoms with Gasteiger partial charge in [-0.1, -0.05) is 0 Å². The van der Waals surface area contributed by atoms with E-state index >= 15 is 0 Å². The highest BCUT2D eigenvalue weighted by atomic mass is 16.6. The van der Waals surface area contributed by atoms with E-state index in [2.05, 4.69) is 10.6 Å². The van der Waals surface area contributed by atoms with Gasteiger partial charge in [-0.15, -0.1) is 0 Å². The fraction of sp³-hybridized carbons (Fsp3) is 0.625. The fourth-order valence-corrected chi connectivity index (χ4v) is 1.43. The average Bonchev–Trinajstić information content (AvgIpc) is 2.20. The molecule has 2 heterocycles. The summed E-state index contributed by atoms with van der Waals surface area (Å²) in [6.45, 7) is 3.01. The second-order valence-corrected chi connectivity index (χ2v) is 3.03. The molecule has 0 aromatic heterocycles. The Kier molecular flexibility index (Phi) is 2.25. The number of hydrogen-bond acceptors (Lipinski definition) is 4. The lowest BCUT2D eigenvalue weighted by atomic mass is 10.3. The lowest BCUT2D eigenvalue weighted by molar-refractivity contribution is 0.0823. The molecule has 0 spiro atoms. The number of cyclic esters (lactones) is 1. The predicted octanol–water partition coefficient (Wildman–Crippen LogP) is -0.180. The molecule has 0 saturated carbocycles. The molecule has 0 atom stereocenters. The van der Waals surface area contributed by atoms with Crippen LogP contribution in [0.4, 0.5) is 4.79 Å². The Morgan fingerprint density at radius 1 is 1.46 bits per heavy atom. The molecule has 1 amide bonds. The van der Waals surface area contributed by atoms with Crippen LogP contribution in [0.5, 0.6) is 0 Å². The van der Waals surface area contributed by atoms with Gasteiger partial charge in [0.2, 0.25) is 0 Å². The number of hydrogen-bond donors (Lipinski definition) is 2. The SMILES string of the molecule is O=C1OCCCN1C1=CNCCN1. The Bertz CT molecular complexity index is 240. The molecule has 72 valence electrons. The zero-order valence-electron chi connectivity index (χ0n) is 7.38. The maximum absolute atomic E-state index is 11.3. The Morgan fingerprint density at radius 2 is 2.38 bits per heavy atom. The van der Waals surface area contributed by atoms with Crippen molar-refractivity contribution in [3.63, 3.8) is 0 Å². The first-order valence-electron chi connectivity index (χ1n) is 4.49. The van der Waals surface area contributed by atoms with Crippen molar-refractivity contribution in [1.29, 1.82) is 0 Å². The van der Waals surface area contributed by atoms with Crippen LogP contribution in [-0.2, 0) is 4.74 Å². The first-order chi connectivity index (χ1) is 6.38. The molecule has 2 rings (SSSR count). The summed E-state index contributed by atoms with van der Waals surface area (Å²) in [5, 5.41) is 6.22. The van der Waals surface area contributed by atoms with E-state index in [1.165, 1.54) is 0 Å². The van der Waals surface area contributed by atoms with Crippen molar-refractivity contribution in [2.45, 2.75) is 6.42 Å². The highest BCUT2D eigenvalue weighted by Crippen LogP contribution is 2.10. The monoisotopic (exact) mass is 183 g/mol. The Labute approximate surface area is 76.7 Å². The quantitative estimate of drug-likeness (QED) is 0.592. The normalized spacial score (nSPS) is 22.6. The number of carbonyl (C=O) groups is 1. The molecule has 1 fully saturated rings. The molecule has 0 unspecified atom stereocenters. The van der Waals surface area contributed by atoms with Gasteiger partial charge >= 0.3 is 6.09 Å². The van der Waals surface area contributed by atoms with Crippen molar-refractivity contribution in [3.8, 4) is 0 Å². The smallest absolute Gasteiger partial charge is 0.415 e. The minimum Gasteiger partial charge on any atom is -0.449 e. The van der Waals surface area contributed by atoms with Gasteiger partial charge in [0.05, 0.1) is 6.61 Å². The van der Waals surface area contributed by atoms with E-state index in [0.717, 1.165) is 31.9 Å². The summed E-state index contributed by atoms with van der Waals surface area (Å²) >= 11 is 0. The number of rotatable bonds is 1. The van der Waals surface area contributed by atoms with Crippen LogP contribution in [0.2, 0.25) is 0 Å². The fourth-order valence-electron chi connectivity index (χ4n) is 1.43. The Balaban J connectivity index is 2.04. The molecular formula is C8H13N3O2. The van der Waals surface area contributed by atoms with Crippen molar-refractivity contribution in [1.82, 2.24) is 15.5 Å². The number of nitrogens with one attached hydrogen (secondary N) is 2. The van der Waals surface area contributed by atoms with E-state index in [1.54, 1.807) is 4.90 Å². The molecule has 2 aliphatic rings. The Morgan fingerprint density at radius 3 is 3.08 bits per heavy atom. The van der Waals surface area contributed by atoms with Crippen molar-refractivity contribution in [2.75, 3.05) is 26.2 Å². The van der Waals surface area contributed by atoms with Crippen molar-refractivity contribution >= 4 is 6.09 Å². The van der Waals surface area contributed by atoms with E-state index in [0.29, 0.717) is 6.61 Å². The molecule has 0 radical (unpaired) electrons. The molecule has 5 heteroatoms. The molecule has 5 nitrogen and oxygen atoms in total. The van der Waals surface area contributed by atoms with Crippen molar-refractivity contribution < 1.29 is 9.53 Å². The standard InChI is InChI=1S/C8H13N3O2/c12-8-11(4-1-5-13-8)7-6-9-2-3-10-7/h6,9-10H,1-5H2. The molecule has 0 aliphatic carbocycles. The van der Waals surface area contributed by atoms with Crippen LogP contribution in [0.15, 0.2) is 12.0 Å². The maximum atomic E-state index is 11.3. The second-order valence-electron chi connectivity index (χ2n) is 3.03. The summed E-state index contributed by atoms with van der Waals surface area (Å²) in [6.07, 6.45) is 2.45. The summed E-state index contributed by atoms with van der Waals surface area (Å²) in [4.78, 5) is 12.9. The van der Waals surface area contributed by atoms with Crippen molar-refractivity contribution in [3.05, 3.63) is 12.0 Å². The van der Waals surface area contributed by atoms with E-state index in [9.17, 15) is 4.79 Å². The molecule has 1 saturated heterocycles. The molecule has 13 heavy (non-hydrogen) atoms. The topological polar surface area (TPSA) is 53.6 Å². The van der Waals surface area contributed by atoms with Gasteiger partial charge < -0.3 is 15.4 Å². The van der Waals surface area contributed by atoms with Gasteiger partial charge in [-0.3, -0.25) is 4.90 Å². The third-order valence-corrected chi connectivity index (χ3v) is 2.08. The average molecular weight is 183 g/mol. The maximum Gasteiger partial charge on any atom is 0.415 e. The lowest BCUT2D eigenvalue weighted by Gasteiger charge is -2.30. The van der Waals surface area contributed by atoms with Crippen LogP contribution in [0.3, 0.4) is 0 Å². The van der Waals surface area contributed by atoms with E-state index in [4.69, 9.17) is 4.74 Å². The third-order valence-electron chi connectivity index (χ3n) is 2.08. The highest BCUT2D eigenvalue weighted by molar-refractivity contribution is 5.70. The van der Waals surface area contributed by atoms with E-state index in [-0.39, 0.29) is 6.09 Å².